The van der Waals surface area contributed by atoms with Crippen molar-refractivity contribution in [1.82, 2.24) is 15.5 Å². The number of alkyl halides is 3. The second-order valence-corrected chi connectivity index (χ2v) is 7.11. The van der Waals surface area contributed by atoms with Crippen molar-refractivity contribution in [2.24, 2.45) is 0 Å². The summed E-state index contributed by atoms with van der Waals surface area (Å²) in [5, 5.41) is 6.30. The van der Waals surface area contributed by atoms with E-state index in [-0.39, 0.29) is 11.7 Å². The number of ether oxygens (including phenoxy) is 1. The molecule has 156 valence electrons. The molecule has 0 atom stereocenters. The molecule has 1 fully saturated rings. The molecule has 1 aliphatic carbocycles. The molecule has 4 rings (SSSR count). The maximum atomic E-state index is 12.8. The zero-order valence-corrected chi connectivity index (χ0v) is 16.0. The van der Waals surface area contributed by atoms with E-state index >= 15 is 0 Å². The van der Waals surface area contributed by atoms with Crippen LogP contribution in [-0.4, -0.2) is 23.2 Å². The summed E-state index contributed by atoms with van der Waals surface area (Å²) in [6, 6.07) is 14.1. The monoisotopic (exact) mass is 417 g/mol. The van der Waals surface area contributed by atoms with Gasteiger partial charge in [0.15, 0.2) is 0 Å². The van der Waals surface area contributed by atoms with Gasteiger partial charge in [-0.15, -0.1) is 0 Å². The van der Waals surface area contributed by atoms with Crippen LogP contribution in [0, 0.1) is 0 Å². The van der Waals surface area contributed by atoms with Gasteiger partial charge < -0.3 is 14.6 Å². The maximum Gasteiger partial charge on any atom is 0.471 e. The Kier molecular flexibility index (Phi) is 4.97. The van der Waals surface area contributed by atoms with E-state index in [0.29, 0.717) is 17.9 Å². The Balaban J connectivity index is 1.41. The summed E-state index contributed by atoms with van der Waals surface area (Å²) >= 11 is 0. The van der Waals surface area contributed by atoms with Gasteiger partial charge in [-0.1, -0.05) is 41.6 Å². The zero-order chi connectivity index (χ0) is 21.4. The molecule has 6 nitrogen and oxygen atoms in total. The Labute approximate surface area is 170 Å². The average Bonchev–Trinajstić information content (AvgIpc) is 3.40. The number of hydrogen-bond donors (Lipinski definition) is 1. The Hall–Kier alpha value is -3.36. The number of amides is 1. The summed E-state index contributed by atoms with van der Waals surface area (Å²) < 4.78 is 47.2. The molecule has 9 heteroatoms. The largest absolute Gasteiger partial charge is 0.497 e. The molecule has 1 saturated carbocycles. The summed E-state index contributed by atoms with van der Waals surface area (Å²) in [5.74, 6) is -0.890. The first kappa shape index (κ1) is 19.9. The van der Waals surface area contributed by atoms with Gasteiger partial charge in [0.05, 0.1) is 12.5 Å². The number of hydrogen-bond acceptors (Lipinski definition) is 5. The van der Waals surface area contributed by atoms with Crippen molar-refractivity contribution in [2.45, 2.75) is 31.0 Å². The van der Waals surface area contributed by atoms with Crippen LogP contribution < -0.4 is 10.1 Å². The molecule has 2 aromatic carbocycles. The highest BCUT2D eigenvalue weighted by atomic mass is 19.4. The van der Waals surface area contributed by atoms with Crippen LogP contribution in [0.5, 0.6) is 5.75 Å². The Morgan fingerprint density at radius 1 is 1.20 bits per heavy atom. The summed E-state index contributed by atoms with van der Waals surface area (Å²) in [6.07, 6.45) is -3.15. The van der Waals surface area contributed by atoms with E-state index < -0.39 is 17.5 Å². The molecule has 1 aromatic heterocycles. The minimum atomic E-state index is -4.68. The number of methoxy groups -OCH3 is 1. The molecule has 0 spiro atoms. The second kappa shape index (κ2) is 7.47. The standard InChI is InChI=1S/C21H18F3N3O3/c1-29-16-4-2-3-15(11-16)20(9-10-20)18(28)25-12-13-5-7-14(8-6-13)17-26-19(30-27-17)21(22,23)24/h2-8,11H,9-10,12H2,1H3,(H,25,28). The summed E-state index contributed by atoms with van der Waals surface area (Å²) in [4.78, 5) is 16.2. The molecule has 1 heterocycles. The molecule has 1 aliphatic rings. The number of carbonyl (C=O) groups excluding carboxylic acids is 1. The highest BCUT2D eigenvalue weighted by molar-refractivity contribution is 5.91. The molecule has 0 bridgehead atoms. The lowest BCUT2D eigenvalue weighted by atomic mass is 9.94. The van der Waals surface area contributed by atoms with E-state index in [9.17, 15) is 18.0 Å². The van der Waals surface area contributed by atoms with Gasteiger partial charge in [-0.25, -0.2) is 0 Å². The van der Waals surface area contributed by atoms with Crippen molar-refractivity contribution in [2.75, 3.05) is 7.11 Å². The SMILES string of the molecule is COc1cccc(C2(C(=O)NCc3ccc(-c4noc(C(F)(F)F)n4)cc3)CC2)c1. The van der Waals surface area contributed by atoms with Gasteiger partial charge in [0, 0.05) is 12.1 Å². The van der Waals surface area contributed by atoms with Gasteiger partial charge in [0.1, 0.15) is 5.75 Å². The van der Waals surface area contributed by atoms with Crippen LogP contribution in [-0.2, 0) is 22.9 Å². The molecule has 0 saturated heterocycles. The lowest BCUT2D eigenvalue weighted by Crippen LogP contribution is -2.34. The van der Waals surface area contributed by atoms with E-state index in [1.165, 1.54) is 0 Å². The fourth-order valence-electron chi connectivity index (χ4n) is 3.27. The number of aromatic nitrogens is 2. The Morgan fingerprint density at radius 2 is 1.93 bits per heavy atom. The Bertz CT molecular complexity index is 1060. The van der Waals surface area contributed by atoms with E-state index in [1.54, 1.807) is 31.4 Å². The molecule has 0 aliphatic heterocycles. The van der Waals surface area contributed by atoms with Crippen LogP contribution in [0.15, 0.2) is 53.1 Å². The lowest BCUT2D eigenvalue weighted by molar-refractivity contribution is -0.159. The first-order valence-electron chi connectivity index (χ1n) is 9.25. The summed E-state index contributed by atoms with van der Waals surface area (Å²) in [7, 11) is 1.58. The Morgan fingerprint density at radius 3 is 2.53 bits per heavy atom. The molecular formula is C21H18F3N3O3. The van der Waals surface area contributed by atoms with Crippen molar-refractivity contribution in [3.8, 4) is 17.1 Å². The predicted molar refractivity (Wildman–Crippen MR) is 100 cm³/mol. The maximum absolute atomic E-state index is 12.8. The smallest absolute Gasteiger partial charge is 0.471 e. The first-order valence-corrected chi connectivity index (χ1v) is 9.25. The van der Waals surface area contributed by atoms with Gasteiger partial charge in [0.25, 0.3) is 0 Å². The van der Waals surface area contributed by atoms with Crippen molar-refractivity contribution in [3.63, 3.8) is 0 Å². The third-order valence-electron chi connectivity index (χ3n) is 5.14. The quantitative estimate of drug-likeness (QED) is 0.653. The highest BCUT2D eigenvalue weighted by Gasteiger charge is 2.51. The molecule has 0 unspecified atom stereocenters. The van der Waals surface area contributed by atoms with E-state index in [1.807, 2.05) is 24.3 Å². The minimum absolute atomic E-state index is 0.0622. The van der Waals surface area contributed by atoms with Crippen LogP contribution in [0.3, 0.4) is 0 Å². The molecular weight excluding hydrogens is 399 g/mol. The number of halogens is 3. The molecule has 3 aromatic rings. The van der Waals surface area contributed by atoms with Gasteiger partial charge in [-0.2, -0.15) is 18.2 Å². The molecule has 0 radical (unpaired) electrons. The third-order valence-corrected chi connectivity index (χ3v) is 5.14. The number of nitrogens with zero attached hydrogens (tertiary/aromatic N) is 2. The fourth-order valence-corrected chi connectivity index (χ4v) is 3.27. The van der Waals surface area contributed by atoms with Crippen LogP contribution in [0.25, 0.3) is 11.4 Å². The highest BCUT2D eigenvalue weighted by Crippen LogP contribution is 2.49. The zero-order valence-electron chi connectivity index (χ0n) is 16.0. The van der Waals surface area contributed by atoms with Gasteiger partial charge in [-0.3, -0.25) is 4.79 Å². The summed E-state index contributed by atoms with van der Waals surface area (Å²) in [5.41, 5.74) is 1.58. The van der Waals surface area contributed by atoms with Crippen molar-refractivity contribution < 1.29 is 27.2 Å². The van der Waals surface area contributed by atoms with E-state index in [4.69, 9.17) is 4.74 Å². The fraction of sp³-hybridized carbons (Fsp3) is 0.286. The second-order valence-electron chi connectivity index (χ2n) is 7.11. The molecule has 1 amide bonds. The lowest BCUT2D eigenvalue weighted by Gasteiger charge is -2.16. The topological polar surface area (TPSA) is 77.2 Å². The van der Waals surface area contributed by atoms with Gasteiger partial charge in [-0.05, 0) is 36.1 Å². The average molecular weight is 417 g/mol. The number of nitrogens with one attached hydrogen (secondary N) is 1. The summed E-state index contributed by atoms with van der Waals surface area (Å²) in [6.45, 7) is 0.297. The minimum Gasteiger partial charge on any atom is -0.497 e. The van der Waals surface area contributed by atoms with Crippen LogP contribution in [0.2, 0.25) is 0 Å². The third kappa shape index (κ3) is 3.87. The van der Waals surface area contributed by atoms with Crippen LogP contribution in [0.4, 0.5) is 13.2 Å². The van der Waals surface area contributed by atoms with E-state index in [0.717, 1.165) is 24.0 Å². The van der Waals surface area contributed by atoms with Gasteiger partial charge in [0.2, 0.25) is 11.7 Å². The van der Waals surface area contributed by atoms with Crippen LogP contribution in [0.1, 0.15) is 29.9 Å². The molecule has 30 heavy (non-hydrogen) atoms. The van der Waals surface area contributed by atoms with Crippen molar-refractivity contribution in [3.05, 3.63) is 65.5 Å². The number of benzene rings is 2. The predicted octanol–water partition coefficient (Wildman–Crippen LogP) is 4.11. The van der Waals surface area contributed by atoms with E-state index in [2.05, 4.69) is 20.0 Å². The normalized spacial score (nSPS) is 14.9. The van der Waals surface area contributed by atoms with Crippen LogP contribution >= 0.6 is 0 Å². The van der Waals surface area contributed by atoms with Gasteiger partial charge >= 0.3 is 12.1 Å². The van der Waals surface area contributed by atoms with Crippen molar-refractivity contribution >= 4 is 5.91 Å². The first-order chi connectivity index (χ1) is 14.3. The molecule has 1 N–H and O–H groups in total. The van der Waals surface area contributed by atoms with Crippen molar-refractivity contribution in [1.29, 1.82) is 0 Å². The number of carbonyl (C=O) groups is 1. The number of rotatable bonds is 6.